The maximum Gasteiger partial charge on any atom is 0.424 e. The standard InChI is InChI=1S/C24H24N4O7/c1-7-11-14(19(31)27-18(11)30)9-5-10-15(20(32)26-17(10)29)16-13(9)12(7)21(33)28-23(34)35-22(24(16,28)2)25-6-8-3-4-8/h7-11,14-16H,3-6H2,1-2H3,(H,26,29,32)(H,27,30,31)/t7-,9-,10-,11+,14-,15-,16+,24+/m1/s1. The van der Waals surface area contributed by atoms with Crippen molar-refractivity contribution in [3.8, 4) is 0 Å². The van der Waals surface area contributed by atoms with Crippen LogP contribution in [0.4, 0.5) is 4.79 Å². The first-order valence-corrected chi connectivity index (χ1v) is 12.2. The zero-order valence-corrected chi connectivity index (χ0v) is 19.2. The Morgan fingerprint density at radius 2 is 1.60 bits per heavy atom. The summed E-state index contributed by atoms with van der Waals surface area (Å²) in [6.45, 7) is 3.82. The second-order valence-electron chi connectivity index (χ2n) is 11.1. The fourth-order valence-corrected chi connectivity index (χ4v) is 7.72. The van der Waals surface area contributed by atoms with Crippen molar-refractivity contribution < 1.29 is 33.5 Å². The molecule has 0 aromatic carbocycles. The number of cyclic esters (lactones) is 1. The first-order chi connectivity index (χ1) is 16.6. The van der Waals surface area contributed by atoms with E-state index >= 15 is 0 Å². The van der Waals surface area contributed by atoms with E-state index in [1.54, 1.807) is 13.8 Å². The van der Waals surface area contributed by atoms with Gasteiger partial charge in [0.1, 0.15) is 5.54 Å². The van der Waals surface area contributed by atoms with Crippen molar-refractivity contribution >= 4 is 41.5 Å². The van der Waals surface area contributed by atoms with Gasteiger partial charge in [0.05, 0.1) is 23.7 Å². The Morgan fingerprint density at radius 1 is 0.943 bits per heavy atom. The molecule has 0 bridgehead atoms. The molecule has 35 heavy (non-hydrogen) atoms. The van der Waals surface area contributed by atoms with Crippen LogP contribution in [0.5, 0.6) is 0 Å². The van der Waals surface area contributed by atoms with Crippen molar-refractivity contribution in [1.82, 2.24) is 15.5 Å². The zero-order chi connectivity index (χ0) is 24.5. The highest BCUT2D eigenvalue weighted by molar-refractivity contribution is 6.18. The van der Waals surface area contributed by atoms with Crippen LogP contribution in [0.15, 0.2) is 16.1 Å². The third-order valence-electron chi connectivity index (χ3n) is 9.39. The minimum atomic E-state index is -1.41. The monoisotopic (exact) mass is 480 g/mol. The van der Waals surface area contributed by atoms with Gasteiger partial charge in [0.15, 0.2) is 0 Å². The number of carbonyl (C=O) groups excluding carboxylic acids is 6. The maximum absolute atomic E-state index is 13.9. The maximum atomic E-state index is 13.9. The molecule has 0 aromatic rings. The molecular formula is C24H24N4O7. The highest BCUT2D eigenvalue weighted by Crippen LogP contribution is 2.62. The highest BCUT2D eigenvalue weighted by Gasteiger charge is 2.72. The highest BCUT2D eigenvalue weighted by atomic mass is 16.6. The Kier molecular flexibility index (Phi) is 3.85. The summed E-state index contributed by atoms with van der Waals surface area (Å²) in [6, 6.07) is 0. The Labute approximate surface area is 199 Å². The molecule has 4 aliphatic heterocycles. The molecule has 11 nitrogen and oxygen atoms in total. The van der Waals surface area contributed by atoms with Crippen LogP contribution >= 0.6 is 0 Å². The average molecular weight is 480 g/mol. The number of nitrogens with zero attached hydrogens (tertiary/aromatic N) is 2. The molecule has 7 aliphatic rings. The van der Waals surface area contributed by atoms with Gasteiger partial charge >= 0.3 is 6.09 Å². The number of rotatable bonds is 2. The van der Waals surface area contributed by atoms with Crippen LogP contribution in [0.1, 0.15) is 33.1 Å². The number of hydrogen-bond donors (Lipinski definition) is 2. The summed E-state index contributed by atoms with van der Waals surface area (Å²) in [6.07, 6.45) is 1.36. The summed E-state index contributed by atoms with van der Waals surface area (Å²) < 4.78 is 5.57. The number of aliphatic imine (C=N–C) groups is 1. The number of hydrogen-bond acceptors (Lipinski definition) is 8. The number of nitrogens with one attached hydrogen (secondary N) is 2. The molecule has 6 amide bonds. The fraction of sp³-hybridized carbons (Fsp3) is 0.625. The van der Waals surface area contributed by atoms with Gasteiger partial charge in [-0.05, 0) is 43.9 Å². The van der Waals surface area contributed by atoms with Crippen LogP contribution in [0, 0.1) is 47.3 Å². The molecule has 3 saturated heterocycles. The Balaban J connectivity index is 1.49. The van der Waals surface area contributed by atoms with E-state index in [1.807, 2.05) is 0 Å². The largest absolute Gasteiger partial charge is 0.424 e. The lowest BCUT2D eigenvalue weighted by Gasteiger charge is -2.55. The third kappa shape index (κ3) is 2.38. The molecule has 182 valence electrons. The van der Waals surface area contributed by atoms with E-state index < -0.39 is 82.6 Å². The molecule has 3 aliphatic carbocycles. The van der Waals surface area contributed by atoms with Gasteiger partial charge < -0.3 is 4.74 Å². The van der Waals surface area contributed by atoms with Gasteiger partial charge in [-0.25, -0.2) is 9.69 Å². The van der Waals surface area contributed by atoms with Gasteiger partial charge in [0, 0.05) is 18.0 Å². The molecule has 0 unspecified atom stereocenters. The van der Waals surface area contributed by atoms with Crippen molar-refractivity contribution in [2.75, 3.05) is 6.54 Å². The van der Waals surface area contributed by atoms with Gasteiger partial charge in [-0.3, -0.25) is 39.6 Å². The molecule has 2 N–H and O–H groups in total. The molecule has 5 fully saturated rings. The zero-order valence-electron chi connectivity index (χ0n) is 19.2. The minimum absolute atomic E-state index is 0.0765. The molecule has 2 saturated carbocycles. The van der Waals surface area contributed by atoms with E-state index in [0.717, 1.165) is 17.7 Å². The predicted octanol–water partition coefficient (Wildman–Crippen LogP) is -0.0940. The summed E-state index contributed by atoms with van der Waals surface area (Å²) in [4.78, 5) is 84.4. The van der Waals surface area contributed by atoms with E-state index in [9.17, 15) is 28.8 Å². The lowest BCUT2D eigenvalue weighted by atomic mass is 9.50. The third-order valence-corrected chi connectivity index (χ3v) is 9.39. The van der Waals surface area contributed by atoms with Crippen LogP contribution in [0.2, 0.25) is 0 Å². The first-order valence-electron chi connectivity index (χ1n) is 12.2. The molecule has 8 atom stereocenters. The average Bonchev–Trinajstić information content (AvgIpc) is 3.44. The van der Waals surface area contributed by atoms with Crippen LogP contribution in [0.25, 0.3) is 0 Å². The number of amides is 6. The fourth-order valence-electron chi connectivity index (χ4n) is 7.72. The summed E-state index contributed by atoms with van der Waals surface area (Å²) in [5, 5.41) is 4.82. The van der Waals surface area contributed by atoms with Crippen LogP contribution in [-0.2, 0) is 28.7 Å². The minimum Gasteiger partial charge on any atom is -0.393 e. The topological polar surface area (TPSA) is 151 Å². The molecule has 4 heterocycles. The van der Waals surface area contributed by atoms with Gasteiger partial charge in [-0.1, -0.05) is 12.5 Å². The first kappa shape index (κ1) is 21.0. The predicted molar refractivity (Wildman–Crippen MR) is 115 cm³/mol. The van der Waals surface area contributed by atoms with E-state index in [1.165, 1.54) is 0 Å². The van der Waals surface area contributed by atoms with Crippen molar-refractivity contribution in [2.24, 2.45) is 52.3 Å². The number of carbonyl (C=O) groups is 6. The lowest BCUT2D eigenvalue weighted by Crippen LogP contribution is -2.66. The smallest absolute Gasteiger partial charge is 0.393 e. The molecule has 11 heteroatoms. The number of imide groups is 3. The lowest BCUT2D eigenvalue weighted by molar-refractivity contribution is -0.139. The summed E-state index contributed by atoms with van der Waals surface area (Å²) in [5.41, 5.74) is -0.512. The Hall–Kier alpha value is -3.37. The molecule has 0 radical (unpaired) electrons. The van der Waals surface area contributed by atoms with Gasteiger partial charge in [-0.15, -0.1) is 0 Å². The quantitative estimate of drug-likeness (QED) is 0.524. The Bertz CT molecular complexity index is 1250. The molecule has 0 aromatic heterocycles. The SMILES string of the molecule is C[C@H]1C2=C3[C@@H](C[C@H]4C(=O)NC(=O)[C@H]4[C@H]3[C@@]3(C)C(=NCC4CC4)OC(=O)N3C2=O)[C@H]2C(=O)NC(=O)[C@H]21. The van der Waals surface area contributed by atoms with Crippen molar-refractivity contribution in [3.63, 3.8) is 0 Å². The number of fused-ring (bicyclic) bond motifs is 6. The van der Waals surface area contributed by atoms with Crippen molar-refractivity contribution in [2.45, 2.75) is 38.6 Å². The number of ether oxygens (including phenoxy) is 1. The van der Waals surface area contributed by atoms with Crippen LogP contribution in [-0.4, -0.2) is 58.5 Å². The van der Waals surface area contributed by atoms with Crippen LogP contribution in [0.3, 0.4) is 0 Å². The van der Waals surface area contributed by atoms with Gasteiger partial charge in [0.2, 0.25) is 29.5 Å². The van der Waals surface area contributed by atoms with E-state index in [-0.39, 0.29) is 17.9 Å². The molecular weight excluding hydrogens is 456 g/mol. The summed E-state index contributed by atoms with van der Waals surface area (Å²) in [7, 11) is 0. The van der Waals surface area contributed by atoms with Crippen molar-refractivity contribution in [3.05, 3.63) is 11.1 Å². The second-order valence-corrected chi connectivity index (χ2v) is 11.1. The second kappa shape index (κ2) is 6.44. The van der Waals surface area contributed by atoms with E-state index in [0.29, 0.717) is 18.0 Å². The Morgan fingerprint density at radius 3 is 2.31 bits per heavy atom. The summed E-state index contributed by atoms with van der Waals surface area (Å²) in [5.74, 6) is -6.99. The van der Waals surface area contributed by atoms with Gasteiger partial charge in [0.25, 0.3) is 5.91 Å². The van der Waals surface area contributed by atoms with E-state index in [4.69, 9.17) is 4.74 Å². The van der Waals surface area contributed by atoms with Gasteiger partial charge in [-0.2, -0.15) is 0 Å². The summed E-state index contributed by atoms with van der Waals surface area (Å²) >= 11 is 0. The molecule has 0 spiro atoms. The molecule has 7 rings (SSSR count). The van der Waals surface area contributed by atoms with Crippen LogP contribution < -0.4 is 10.6 Å². The normalized spacial score (nSPS) is 44.7. The van der Waals surface area contributed by atoms with E-state index in [2.05, 4.69) is 15.6 Å². The van der Waals surface area contributed by atoms with Crippen molar-refractivity contribution in [1.29, 1.82) is 0 Å².